The second kappa shape index (κ2) is 10.1. The van der Waals surface area contributed by atoms with Crippen molar-refractivity contribution < 1.29 is 4.79 Å². The molecule has 0 radical (unpaired) electrons. The Labute approximate surface area is 188 Å². The van der Waals surface area contributed by atoms with Crippen molar-refractivity contribution in [1.82, 2.24) is 24.6 Å². The summed E-state index contributed by atoms with van der Waals surface area (Å²) >= 11 is 0. The Morgan fingerprint density at radius 3 is 2.43 bits per heavy atom. The molecule has 3 aromatic rings. The summed E-state index contributed by atoms with van der Waals surface area (Å²) in [5.74, 6) is 1.61. The molecule has 1 atom stereocenters. The highest BCUT2D eigenvalue weighted by Gasteiger charge is 2.27. The molecule has 1 aliphatic rings. The summed E-state index contributed by atoms with van der Waals surface area (Å²) in [4.78, 5) is 25.9. The summed E-state index contributed by atoms with van der Waals surface area (Å²) in [5, 5.41) is 5.24. The number of fused-ring (bicyclic) bond motifs is 1. The van der Waals surface area contributed by atoms with Crippen LogP contribution in [0.4, 0.5) is 5.82 Å². The summed E-state index contributed by atoms with van der Waals surface area (Å²) in [5.41, 5.74) is 8.09. The number of nitrogens with two attached hydrogens (primary N) is 1. The first-order valence-corrected chi connectivity index (χ1v) is 9.52. The van der Waals surface area contributed by atoms with Crippen molar-refractivity contribution in [3.63, 3.8) is 0 Å². The van der Waals surface area contributed by atoms with Crippen LogP contribution in [0.3, 0.4) is 0 Å². The van der Waals surface area contributed by atoms with E-state index in [1.807, 2.05) is 49.2 Å². The zero-order chi connectivity index (χ0) is 19.7. The molecule has 1 saturated heterocycles. The van der Waals surface area contributed by atoms with Crippen molar-refractivity contribution in [1.29, 1.82) is 0 Å². The molecule has 0 spiro atoms. The minimum Gasteiger partial charge on any atom is -0.352 e. The Balaban J connectivity index is 0.00000160. The number of amides is 1. The molecule has 1 aromatic carbocycles. The van der Waals surface area contributed by atoms with Crippen LogP contribution in [0, 0.1) is 6.92 Å². The normalized spacial score (nSPS) is 14.8. The lowest BCUT2D eigenvalue weighted by Crippen LogP contribution is -2.53. The Bertz CT molecular complexity index is 987. The average molecular weight is 452 g/mol. The van der Waals surface area contributed by atoms with Crippen molar-refractivity contribution in [2.24, 2.45) is 12.8 Å². The fraction of sp³-hybridized carbons (Fsp3) is 0.400. The van der Waals surface area contributed by atoms with Gasteiger partial charge in [-0.15, -0.1) is 24.8 Å². The Morgan fingerprint density at radius 1 is 1.10 bits per heavy atom. The van der Waals surface area contributed by atoms with Crippen LogP contribution in [-0.4, -0.2) is 62.8 Å². The van der Waals surface area contributed by atoms with Crippen LogP contribution in [0.25, 0.3) is 11.0 Å². The van der Waals surface area contributed by atoms with Gasteiger partial charge in [0, 0.05) is 33.2 Å². The molecule has 3 heterocycles. The van der Waals surface area contributed by atoms with Crippen LogP contribution in [0.1, 0.15) is 11.4 Å². The molecule has 10 heteroatoms. The van der Waals surface area contributed by atoms with E-state index in [0.29, 0.717) is 32.6 Å². The molecule has 2 N–H and O–H groups in total. The first kappa shape index (κ1) is 23.9. The smallest absolute Gasteiger partial charge is 0.239 e. The van der Waals surface area contributed by atoms with Gasteiger partial charge in [0.05, 0.1) is 17.6 Å². The summed E-state index contributed by atoms with van der Waals surface area (Å²) in [6.45, 7) is 4.57. The molecule has 1 amide bonds. The van der Waals surface area contributed by atoms with Crippen molar-refractivity contribution >= 4 is 47.6 Å². The number of nitrogens with zero attached hydrogens (tertiary/aromatic N) is 6. The number of aryl methyl sites for hydroxylation is 2. The van der Waals surface area contributed by atoms with Crippen LogP contribution in [-0.2, 0) is 18.3 Å². The minimum absolute atomic E-state index is 0. The van der Waals surface area contributed by atoms with Crippen molar-refractivity contribution in [3.05, 3.63) is 47.9 Å². The molecule has 4 rings (SSSR count). The van der Waals surface area contributed by atoms with Crippen molar-refractivity contribution in [2.45, 2.75) is 19.4 Å². The Morgan fingerprint density at radius 2 is 1.77 bits per heavy atom. The number of hydrogen-bond acceptors (Lipinski definition) is 6. The van der Waals surface area contributed by atoms with Crippen LogP contribution >= 0.6 is 24.8 Å². The average Bonchev–Trinajstić information content (AvgIpc) is 3.08. The van der Waals surface area contributed by atoms with Crippen molar-refractivity contribution in [3.8, 4) is 0 Å². The topological polar surface area (TPSA) is 93.2 Å². The molecule has 0 saturated carbocycles. The van der Waals surface area contributed by atoms with Gasteiger partial charge in [-0.2, -0.15) is 5.10 Å². The molecule has 1 unspecified atom stereocenters. The van der Waals surface area contributed by atoms with E-state index in [-0.39, 0.29) is 30.7 Å². The number of halogens is 2. The maximum atomic E-state index is 12.8. The van der Waals surface area contributed by atoms with Crippen LogP contribution in [0.15, 0.2) is 36.5 Å². The predicted octanol–water partition coefficient (Wildman–Crippen LogP) is 1.73. The third-order valence-corrected chi connectivity index (χ3v) is 5.19. The SMILES string of the molecule is Cc1nc(N2CCN(C(=O)C(N)Cc3ccccc3)CC2)c2cnn(C)c2n1.Cl.Cl. The minimum atomic E-state index is -0.514. The summed E-state index contributed by atoms with van der Waals surface area (Å²) in [6, 6.07) is 9.39. The lowest BCUT2D eigenvalue weighted by molar-refractivity contribution is -0.132. The first-order chi connectivity index (χ1) is 13.5. The number of rotatable bonds is 4. The Hall–Kier alpha value is -2.42. The van der Waals surface area contributed by atoms with Gasteiger partial charge in [0.15, 0.2) is 5.65 Å². The number of hydrogen-bond donors (Lipinski definition) is 1. The van der Waals surface area contributed by atoms with E-state index in [1.165, 1.54) is 0 Å². The van der Waals surface area contributed by atoms with Crippen LogP contribution < -0.4 is 10.6 Å². The van der Waals surface area contributed by atoms with Gasteiger partial charge in [-0.3, -0.25) is 9.48 Å². The van der Waals surface area contributed by atoms with Gasteiger partial charge in [-0.1, -0.05) is 30.3 Å². The van der Waals surface area contributed by atoms with E-state index < -0.39 is 6.04 Å². The largest absolute Gasteiger partial charge is 0.352 e. The first-order valence-electron chi connectivity index (χ1n) is 9.52. The summed E-state index contributed by atoms with van der Waals surface area (Å²) < 4.78 is 1.76. The molecule has 0 aliphatic carbocycles. The van der Waals surface area contributed by atoms with Gasteiger partial charge in [0.25, 0.3) is 0 Å². The number of carbonyl (C=O) groups is 1. The number of piperazine rings is 1. The van der Waals surface area contributed by atoms with Gasteiger partial charge < -0.3 is 15.5 Å². The zero-order valence-corrected chi connectivity index (χ0v) is 18.7. The van der Waals surface area contributed by atoms with E-state index >= 15 is 0 Å². The van der Waals surface area contributed by atoms with Crippen molar-refractivity contribution in [2.75, 3.05) is 31.1 Å². The van der Waals surface area contributed by atoms with Gasteiger partial charge in [-0.05, 0) is 18.9 Å². The van der Waals surface area contributed by atoms with E-state index in [2.05, 4.69) is 20.0 Å². The number of aromatic nitrogens is 4. The molecule has 1 fully saturated rings. The van der Waals surface area contributed by atoms with E-state index in [9.17, 15) is 4.79 Å². The van der Waals surface area contributed by atoms with E-state index in [4.69, 9.17) is 5.73 Å². The lowest BCUT2D eigenvalue weighted by atomic mass is 10.1. The predicted molar refractivity (Wildman–Crippen MR) is 122 cm³/mol. The van der Waals surface area contributed by atoms with Gasteiger partial charge in [0.2, 0.25) is 5.91 Å². The highest BCUT2D eigenvalue weighted by Crippen LogP contribution is 2.24. The van der Waals surface area contributed by atoms with Crippen LogP contribution in [0.5, 0.6) is 0 Å². The molecule has 30 heavy (non-hydrogen) atoms. The maximum absolute atomic E-state index is 12.8. The second-order valence-electron chi connectivity index (χ2n) is 7.21. The standard InChI is InChI=1S/C20H25N7O.2ClH/c1-14-23-18-16(13-22-25(18)2)19(24-14)26-8-10-27(11-9-26)20(28)17(21)12-15-6-4-3-5-7-15;;/h3-7,13,17H,8-12,21H2,1-2H3;2*1H. The third kappa shape index (κ3) is 4.83. The molecule has 8 nitrogen and oxygen atoms in total. The molecule has 162 valence electrons. The molecule has 2 aromatic heterocycles. The molecular weight excluding hydrogens is 425 g/mol. The lowest BCUT2D eigenvalue weighted by Gasteiger charge is -2.36. The fourth-order valence-corrected chi connectivity index (χ4v) is 3.68. The molecule has 0 bridgehead atoms. The Kier molecular flexibility index (Phi) is 8.00. The summed E-state index contributed by atoms with van der Waals surface area (Å²) in [6.07, 6.45) is 2.36. The number of carbonyl (C=O) groups excluding carboxylic acids is 1. The summed E-state index contributed by atoms with van der Waals surface area (Å²) in [7, 11) is 1.88. The second-order valence-corrected chi connectivity index (χ2v) is 7.21. The van der Waals surface area contributed by atoms with Crippen LogP contribution in [0.2, 0.25) is 0 Å². The third-order valence-electron chi connectivity index (χ3n) is 5.19. The fourth-order valence-electron chi connectivity index (χ4n) is 3.68. The monoisotopic (exact) mass is 451 g/mol. The van der Waals surface area contributed by atoms with E-state index in [0.717, 1.165) is 28.2 Å². The highest BCUT2D eigenvalue weighted by molar-refractivity contribution is 5.87. The van der Waals surface area contributed by atoms with E-state index in [1.54, 1.807) is 10.9 Å². The highest BCUT2D eigenvalue weighted by atomic mass is 35.5. The quantitative estimate of drug-likeness (QED) is 0.648. The molecule has 1 aliphatic heterocycles. The van der Waals surface area contributed by atoms with Gasteiger partial charge >= 0.3 is 0 Å². The zero-order valence-electron chi connectivity index (χ0n) is 17.1. The molecular formula is C20H27Cl2N7O. The number of benzene rings is 1. The van der Waals surface area contributed by atoms with Gasteiger partial charge in [-0.25, -0.2) is 9.97 Å². The number of anilines is 1. The maximum Gasteiger partial charge on any atom is 0.239 e. The van der Waals surface area contributed by atoms with Gasteiger partial charge in [0.1, 0.15) is 11.6 Å².